The van der Waals surface area contributed by atoms with Gasteiger partial charge in [0.2, 0.25) is 0 Å². The molecule has 1 aliphatic heterocycles. The average molecular weight is 380 g/mol. The lowest BCUT2D eigenvalue weighted by Gasteiger charge is -2.19. The Balaban J connectivity index is 1.53. The maximum Gasteiger partial charge on any atom is 0.262 e. The summed E-state index contributed by atoms with van der Waals surface area (Å²) in [6.07, 6.45) is 0. The highest BCUT2D eigenvalue weighted by molar-refractivity contribution is 6.00. The molecule has 0 aliphatic carbocycles. The summed E-state index contributed by atoms with van der Waals surface area (Å²) in [5, 5.41) is 6.53. The molecule has 3 aromatic rings. The largest absolute Gasteiger partial charge is 0.490 e. The zero-order chi connectivity index (χ0) is 19.7. The molecule has 0 spiro atoms. The molecule has 144 valence electrons. The summed E-state index contributed by atoms with van der Waals surface area (Å²) in [6.45, 7) is 4.28. The van der Waals surface area contributed by atoms with Gasteiger partial charge in [0.05, 0.1) is 18.3 Å². The zero-order valence-electron chi connectivity index (χ0n) is 15.6. The van der Waals surface area contributed by atoms with Gasteiger partial charge in [-0.1, -0.05) is 12.1 Å². The molecule has 1 atom stereocenters. The summed E-state index contributed by atoms with van der Waals surface area (Å²) >= 11 is 0. The van der Waals surface area contributed by atoms with Gasteiger partial charge in [-0.25, -0.2) is 0 Å². The summed E-state index contributed by atoms with van der Waals surface area (Å²) in [4.78, 5) is 24.1. The van der Waals surface area contributed by atoms with Crippen molar-refractivity contribution in [1.29, 1.82) is 0 Å². The number of rotatable bonds is 5. The van der Waals surface area contributed by atoms with Crippen LogP contribution in [-0.2, 0) is 4.79 Å². The van der Waals surface area contributed by atoms with Crippen molar-refractivity contribution in [2.24, 2.45) is 0 Å². The molecule has 2 N–H and O–H groups in total. The van der Waals surface area contributed by atoms with E-state index in [1.165, 1.54) is 0 Å². The van der Waals surface area contributed by atoms with Gasteiger partial charge < -0.3 is 24.5 Å². The minimum Gasteiger partial charge on any atom is -0.490 e. The van der Waals surface area contributed by atoms with Crippen LogP contribution in [0.4, 0.5) is 5.69 Å². The Morgan fingerprint density at radius 2 is 2.14 bits per heavy atom. The Hall–Kier alpha value is -3.48. The Morgan fingerprint density at radius 1 is 1.29 bits per heavy atom. The van der Waals surface area contributed by atoms with Crippen molar-refractivity contribution in [3.05, 3.63) is 53.8 Å². The van der Waals surface area contributed by atoms with E-state index in [0.29, 0.717) is 40.7 Å². The lowest BCUT2D eigenvalue weighted by atomic mass is 10.1. The molecule has 0 saturated carbocycles. The molecule has 0 radical (unpaired) electrons. The second-order valence-corrected chi connectivity index (χ2v) is 6.50. The summed E-state index contributed by atoms with van der Waals surface area (Å²) in [7, 11) is 0. The van der Waals surface area contributed by atoms with Crippen LogP contribution in [0.3, 0.4) is 0 Å². The molecule has 1 aromatic heterocycles. The van der Waals surface area contributed by atoms with Gasteiger partial charge in [0.25, 0.3) is 11.8 Å². The fourth-order valence-electron chi connectivity index (χ4n) is 3.11. The van der Waals surface area contributed by atoms with Crippen molar-refractivity contribution in [3.8, 4) is 11.5 Å². The van der Waals surface area contributed by atoms with E-state index in [4.69, 9.17) is 13.9 Å². The highest BCUT2D eigenvalue weighted by atomic mass is 16.5. The number of carbonyl (C=O) groups is 2. The van der Waals surface area contributed by atoms with Crippen LogP contribution in [0, 0.1) is 0 Å². The second-order valence-electron chi connectivity index (χ2n) is 6.50. The summed E-state index contributed by atoms with van der Waals surface area (Å²) < 4.78 is 16.8. The van der Waals surface area contributed by atoms with Crippen LogP contribution in [0.1, 0.15) is 36.0 Å². The number of hydrogen-bond donors (Lipinski definition) is 2. The first-order chi connectivity index (χ1) is 13.5. The van der Waals surface area contributed by atoms with Gasteiger partial charge in [0.15, 0.2) is 17.9 Å². The van der Waals surface area contributed by atoms with Gasteiger partial charge in [-0.05, 0) is 44.2 Å². The molecule has 2 heterocycles. The van der Waals surface area contributed by atoms with Gasteiger partial charge in [-0.2, -0.15) is 0 Å². The van der Waals surface area contributed by atoms with Crippen LogP contribution in [0.15, 0.2) is 46.9 Å². The predicted molar refractivity (Wildman–Crippen MR) is 104 cm³/mol. The number of anilines is 1. The van der Waals surface area contributed by atoms with E-state index in [1.54, 1.807) is 18.2 Å². The maximum atomic E-state index is 12.6. The monoisotopic (exact) mass is 380 g/mol. The Labute approximate surface area is 161 Å². The van der Waals surface area contributed by atoms with Crippen LogP contribution >= 0.6 is 0 Å². The number of amides is 2. The van der Waals surface area contributed by atoms with Crippen LogP contribution in [-0.4, -0.2) is 25.0 Å². The highest BCUT2D eigenvalue weighted by Gasteiger charge is 2.20. The standard InChI is InChI=1S/C21H20N2O5/c1-3-26-17-6-4-5-13-10-18(28-20(13)17)12(2)22-21(25)14-7-8-16-15(9-14)23-19(24)11-27-16/h4-10,12H,3,11H2,1-2H3,(H,22,25)(H,23,24). The fourth-order valence-corrected chi connectivity index (χ4v) is 3.11. The number of carbonyl (C=O) groups excluding carboxylic acids is 2. The molecular weight excluding hydrogens is 360 g/mol. The van der Waals surface area contributed by atoms with Crippen molar-refractivity contribution in [3.63, 3.8) is 0 Å². The number of furan rings is 1. The van der Waals surface area contributed by atoms with E-state index < -0.39 is 0 Å². The zero-order valence-corrected chi connectivity index (χ0v) is 15.6. The average Bonchev–Trinajstić information content (AvgIpc) is 3.13. The molecular formula is C21H20N2O5. The topological polar surface area (TPSA) is 89.8 Å². The van der Waals surface area contributed by atoms with Crippen LogP contribution in [0.5, 0.6) is 11.5 Å². The Morgan fingerprint density at radius 3 is 2.96 bits per heavy atom. The Bertz CT molecular complexity index is 1060. The number of para-hydroxylation sites is 1. The summed E-state index contributed by atoms with van der Waals surface area (Å²) in [6, 6.07) is 12.2. The summed E-state index contributed by atoms with van der Waals surface area (Å²) in [5.74, 6) is 1.33. The van der Waals surface area contributed by atoms with Crippen LogP contribution < -0.4 is 20.1 Å². The van der Waals surface area contributed by atoms with Gasteiger partial charge in [0.1, 0.15) is 11.5 Å². The summed E-state index contributed by atoms with van der Waals surface area (Å²) in [5.41, 5.74) is 1.57. The molecule has 4 rings (SSSR count). The molecule has 1 aliphatic rings. The minimum atomic E-state index is -0.351. The highest BCUT2D eigenvalue weighted by Crippen LogP contribution is 2.32. The van der Waals surface area contributed by atoms with Crippen molar-refractivity contribution < 1.29 is 23.5 Å². The van der Waals surface area contributed by atoms with Crippen molar-refractivity contribution in [1.82, 2.24) is 5.32 Å². The number of fused-ring (bicyclic) bond motifs is 2. The minimum absolute atomic E-state index is 0.0225. The van der Waals surface area contributed by atoms with Crippen LogP contribution in [0.25, 0.3) is 11.0 Å². The quantitative estimate of drug-likeness (QED) is 0.705. The lowest BCUT2D eigenvalue weighted by molar-refractivity contribution is -0.118. The molecule has 28 heavy (non-hydrogen) atoms. The molecule has 2 aromatic carbocycles. The smallest absolute Gasteiger partial charge is 0.262 e. The molecule has 0 bridgehead atoms. The maximum absolute atomic E-state index is 12.6. The third kappa shape index (κ3) is 3.38. The number of benzene rings is 2. The van der Waals surface area contributed by atoms with Crippen molar-refractivity contribution >= 4 is 28.5 Å². The number of hydrogen-bond acceptors (Lipinski definition) is 5. The van der Waals surface area contributed by atoms with Gasteiger partial charge in [-0.15, -0.1) is 0 Å². The van der Waals surface area contributed by atoms with Crippen molar-refractivity contribution in [2.75, 3.05) is 18.5 Å². The first-order valence-electron chi connectivity index (χ1n) is 9.08. The lowest BCUT2D eigenvalue weighted by Crippen LogP contribution is -2.28. The number of ether oxygens (including phenoxy) is 2. The second kappa shape index (κ2) is 7.26. The van der Waals surface area contributed by atoms with Gasteiger partial charge in [0, 0.05) is 10.9 Å². The number of nitrogens with one attached hydrogen (secondary N) is 2. The molecule has 0 fully saturated rings. The molecule has 7 heteroatoms. The fraction of sp³-hybridized carbons (Fsp3) is 0.238. The SMILES string of the molecule is CCOc1cccc2cc(C(C)NC(=O)c3ccc4c(c3)NC(=O)CO4)oc12. The first kappa shape index (κ1) is 17.9. The third-order valence-electron chi connectivity index (χ3n) is 4.48. The molecule has 0 saturated heterocycles. The van der Waals surface area contributed by atoms with E-state index in [0.717, 1.165) is 5.39 Å². The van der Waals surface area contributed by atoms with E-state index >= 15 is 0 Å². The molecule has 7 nitrogen and oxygen atoms in total. The predicted octanol–water partition coefficient (Wildman–Crippen LogP) is 3.65. The molecule has 2 amide bonds. The van der Waals surface area contributed by atoms with E-state index in [9.17, 15) is 9.59 Å². The van der Waals surface area contributed by atoms with Gasteiger partial charge in [-0.3, -0.25) is 9.59 Å². The normalized spacial score (nSPS) is 14.0. The van der Waals surface area contributed by atoms with E-state index in [-0.39, 0.29) is 24.5 Å². The molecule has 1 unspecified atom stereocenters. The van der Waals surface area contributed by atoms with E-state index in [2.05, 4.69) is 10.6 Å². The van der Waals surface area contributed by atoms with Crippen molar-refractivity contribution in [2.45, 2.75) is 19.9 Å². The third-order valence-corrected chi connectivity index (χ3v) is 4.48. The van der Waals surface area contributed by atoms with E-state index in [1.807, 2.05) is 38.1 Å². The van der Waals surface area contributed by atoms with Crippen LogP contribution in [0.2, 0.25) is 0 Å². The Kier molecular flexibility index (Phi) is 4.65. The first-order valence-corrected chi connectivity index (χ1v) is 9.08. The van der Waals surface area contributed by atoms with Gasteiger partial charge >= 0.3 is 0 Å².